The van der Waals surface area contributed by atoms with E-state index < -0.39 is 0 Å². The summed E-state index contributed by atoms with van der Waals surface area (Å²) in [5.41, 5.74) is 5.79. The van der Waals surface area contributed by atoms with E-state index in [1.165, 1.54) is 38.5 Å². The van der Waals surface area contributed by atoms with Crippen molar-refractivity contribution in [1.29, 1.82) is 0 Å². The van der Waals surface area contributed by atoms with Crippen LogP contribution >= 0.6 is 0 Å². The van der Waals surface area contributed by atoms with E-state index in [1.807, 2.05) is 6.07 Å². The first-order valence-corrected chi connectivity index (χ1v) is 14.4. The lowest BCUT2D eigenvalue weighted by Crippen LogP contribution is -2.26. The zero-order chi connectivity index (χ0) is 26.5. The first-order chi connectivity index (χ1) is 17.8. The van der Waals surface area contributed by atoms with Gasteiger partial charge in [-0.05, 0) is 84.1 Å². The number of rotatable bonds is 9. The van der Waals surface area contributed by atoms with Gasteiger partial charge in [0, 0.05) is 24.2 Å². The number of hydrogen-bond acceptors (Lipinski definition) is 4. The highest BCUT2D eigenvalue weighted by Crippen LogP contribution is 2.47. The van der Waals surface area contributed by atoms with E-state index in [9.17, 15) is 20.4 Å². The molecule has 0 aliphatic heterocycles. The van der Waals surface area contributed by atoms with E-state index >= 15 is 0 Å². The van der Waals surface area contributed by atoms with Crippen LogP contribution in [0.4, 0.5) is 0 Å². The molecule has 2 aromatic carbocycles. The Hall–Kier alpha value is -2.46. The zero-order valence-corrected chi connectivity index (χ0v) is 22.9. The molecule has 2 aliphatic carbocycles. The molecule has 0 heterocycles. The fourth-order valence-electron chi connectivity index (χ4n) is 6.85. The lowest BCUT2D eigenvalue weighted by molar-refractivity contribution is 0.288. The molecule has 0 unspecified atom stereocenters. The molecule has 0 aromatic heterocycles. The predicted molar refractivity (Wildman–Crippen MR) is 151 cm³/mol. The van der Waals surface area contributed by atoms with Crippen LogP contribution in [0.15, 0.2) is 36.6 Å². The second-order valence-corrected chi connectivity index (χ2v) is 12.1. The average molecular weight is 507 g/mol. The minimum absolute atomic E-state index is 0.0527. The minimum atomic E-state index is -0.0677. The van der Waals surface area contributed by atoms with Crippen molar-refractivity contribution in [2.75, 3.05) is 6.61 Å². The summed E-state index contributed by atoms with van der Waals surface area (Å²) < 4.78 is 0. The van der Waals surface area contributed by atoms with Crippen LogP contribution in [0.1, 0.15) is 118 Å². The standard InChI is InChI=1S/C33H46O4/c1-32(13-5-3-6-14-32)28-21-24(11-9-17-34)19-26(30(28)36)23-27-20-25(12-10-18-35)22-29(31(27)37)33(2)15-7-4-8-16-33/h9,17,19-22,34-37H,3-8,10-16,18,23H2,1-2H3. The number of aryl methyl sites for hydroxylation is 1. The predicted octanol–water partition coefficient (Wildman–Crippen LogP) is 7.67. The van der Waals surface area contributed by atoms with Gasteiger partial charge in [-0.1, -0.05) is 76.6 Å². The largest absolute Gasteiger partial charge is 0.516 e. The van der Waals surface area contributed by atoms with Gasteiger partial charge < -0.3 is 20.4 Å². The fraction of sp³-hybridized carbons (Fsp3) is 0.576. The fourth-order valence-corrected chi connectivity index (χ4v) is 6.85. The number of phenols is 2. The summed E-state index contributed by atoms with van der Waals surface area (Å²) in [6.07, 6.45) is 16.8. The number of aliphatic hydroxyl groups excluding tert-OH is 2. The molecule has 4 heteroatoms. The molecular formula is C33H46O4. The van der Waals surface area contributed by atoms with Crippen molar-refractivity contribution in [2.45, 2.75) is 115 Å². The lowest BCUT2D eigenvalue weighted by Gasteiger charge is -2.36. The molecule has 0 radical (unpaired) electrons. The van der Waals surface area contributed by atoms with Crippen LogP contribution in [0, 0.1) is 0 Å². The van der Waals surface area contributed by atoms with Gasteiger partial charge in [-0.3, -0.25) is 0 Å². The Balaban J connectivity index is 1.79. The molecule has 2 saturated carbocycles. The number of benzene rings is 2. The summed E-state index contributed by atoms with van der Waals surface area (Å²) in [7, 11) is 0. The molecule has 0 spiro atoms. The molecule has 4 rings (SSSR count). The molecular weight excluding hydrogens is 460 g/mol. The topological polar surface area (TPSA) is 80.9 Å². The van der Waals surface area contributed by atoms with Crippen molar-refractivity contribution in [1.82, 2.24) is 0 Å². The molecule has 0 amide bonds. The highest BCUT2D eigenvalue weighted by molar-refractivity contribution is 5.54. The number of hydrogen-bond donors (Lipinski definition) is 4. The highest BCUT2D eigenvalue weighted by Gasteiger charge is 2.34. The molecule has 2 aliphatic rings. The van der Waals surface area contributed by atoms with Crippen molar-refractivity contribution in [3.8, 4) is 11.5 Å². The SMILES string of the molecule is CC1(c2cc(CC=CO)cc(Cc3cc(CCCO)cc(C4(C)CCCCC4)c3O)c2O)CCCCC1. The number of aliphatic hydroxyl groups is 2. The van der Waals surface area contributed by atoms with Crippen LogP contribution < -0.4 is 0 Å². The lowest BCUT2D eigenvalue weighted by atomic mass is 9.69. The number of allylic oxidation sites excluding steroid dienone is 1. The van der Waals surface area contributed by atoms with Gasteiger partial charge in [0.2, 0.25) is 0 Å². The summed E-state index contributed by atoms with van der Waals surface area (Å²) in [5.74, 6) is 0.717. The molecule has 4 N–H and O–H groups in total. The zero-order valence-electron chi connectivity index (χ0n) is 22.9. The van der Waals surface area contributed by atoms with Gasteiger partial charge in [0.25, 0.3) is 0 Å². The maximum absolute atomic E-state index is 11.6. The summed E-state index contributed by atoms with van der Waals surface area (Å²) in [6.45, 7) is 4.69. The van der Waals surface area contributed by atoms with Crippen molar-refractivity contribution in [3.05, 3.63) is 70.0 Å². The first kappa shape index (κ1) is 27.6. The third kappa shape index (κ3) is 6.17. The van der Waals surface area contributed by atoms with E-state index in [0.717, 1.165) is 71.7 Å². The van der Waals surface area contributed by atoms with Crippen LogP contribution in [0.5, 0.6) is 11.5 Å². The van der Waals surface area contributed by atoms with Crippen molar-refractivity contribution in [2.24, 2.45) is 0 Å². The van der Waals surface area contributed by atoms with Gasteiger partial charge in [0.05, 0.1) is 6.26 Å². The molecule has 0 atom stereocenters. The van der Waals surface area contributed by atoms with Gasteiger partial charge >= 0.3 is 0 Å². The Labute approximate surface area is 223 Å². The van der Waals surface area contributed by atoms with Crippen LogP contribution in [0.3, 0.4) is 0 Å². The van der Waals surface area contributed by atoms with Crippen molar-refractivity contribution < 1.29 is 20.4 Å². The molecule has 37 heavy (non-hydrogen) atoms. The van der Waals surface area contributed by atoms with Gasteiger partial charge in [0.15, 0.2) is 0 Å². The van der Waals surface area contributed by atoms with E-state index in [-0.39, 0.29) is 17.4 Å². The Morgan fingerprint density at radius 3 is 1.70 bits per heavy atom. The van der Waals surface area contributed by atoms with Gasteiger partial charge in [-0.2, -0.15) is 0 Å². The third-order valence-electron chi connectivity index (χ3n) is 9.18. The van der Waals surface area contributed by atoms with Crippen molar-refractivity contribution >= 4 is 0 Å². The first-order valence-electron chi connectivity index (χ1n) is 14.4. The smallest absolute Gasteiger partial charge is 0.122 e. The van der Waals surface area contributed by atoms with E-state index in [0.29, 0.717) is 30.8 Å². The molecule has 0 bridgehead atoms. The number of phenolic OH excluding ortho intramolecular Hbond substituents is 2. The normalized spacial score (nSPS) is 19.3. The number of aromatic hydroxyl groups is 2. The van der Waals surface area contributed by atoms with Crippen LogP contribution in [-0.4, -0.2) is 27.0 Å². The second-order valence-electron chi connectivity index (χ2n) is 12.1. The Morgan fingerprint density at radius 2 is 1.22 bits per heavy atom. The molecule has 0 saturated heterocycles. The summed E-state index contributed by atoms with van der Waals surface area (Å²) in [4.78, 5) is 0. The summed E-state index contributed by atoms with van der Waals surface area (Å²) >= 11 is 0. The van der Waals surface area contributed by atoms with Gasteiger partial charge in [-0.25, -0.2) is 0 Å². The Morgan fingerprint density at radius 1 is 0.730 bits per heavy atom. The van der Waals surface area contributed by atoms with E-state index in [4.69, 9.17) is 0 Å². The second kappa shape index (κ2) is 11.9. The third-order valence-corrected chi connectivity index (χ3v) is 9.18. The Bertz CT molecular complexity index is 1090. The van der Waals surface area contributed by atoms with Crippen LogP contribution in [0.2, 0.25) is 0 Å². The van der Waals surface area contributed by atoms with E-state index in [2.05, 4.69) is 32.0 Å². The average Bonchev–Trinajstić information content (AvgIpc) is 2.89. The quantitative estimate of drug-likeness (QED) is 0.263. The van der Waals surface area contributed by atoms with Crippen molar-refractivity contribution in [3.63, 3.8) is 0 Å². The van der Waals surface area contributed by atoms with Crippen LogP contribution in [0.25, 0.3) is 0 Å². The molecule has 2 aromatic rings. The van der Waals surface area contributed by atoms with E-state index in [1.54, 1.807) is 6.08 Å². The maximum Gasteiger partial charge on any atom is 0.122 e. The highest BCUT2D eigenvalue weighted by atomic mass is 16.3. The summed E-state index contributed by atoms with van der Waals surface area (Å²) in [5, 5.41) is 42.0. The van der Waals surface area contributed by atoms with Gasteiger partial charge in [0.1, 0.15) is 11.5 Å². The maximum atomic E-state index is 11.6. The monoisotopic (exact) mass is 506 g/mol. The molecule has 202 valence electrons. The van der Waals surface area contributed by atoms with Gasteiger partial charge in [-0.15, -0.1) is 0 Å². The molecule has 4 nitrogen and oxygen atoms in total. The summed E-state index contributed by atoms with van der Waals surface area (Å²) in [6, 6.07) is 8.39. The Kier molecular flexibility index (Phi) is 8.90. The van der Waals surface area contributed by atoms with Crippen LogP contribution in [-0.2, 0) is 30.1 Å². The minimum Gasteiger partial charge on any atom is -0.516 e. The molecule has 2 fully saturated rings.